The number of rotatable bonds is 6. The van der Waals surface area contributed by atoms with Gasteiger partial charge in [0, 0.05) is 17.8 Å². The minimum atomic E-state index is -3.55. The summed E-state index contributed by atoms with van der Waals surface area (Å²) in [7, 11) is -3.55. The maximum atomic E-state index is 12.2. The molecule has 1 aromatic heterocycles. The van der Waals surface area contributed by atoms with E-state index in [1.807, 2.05) is 20.8 Å². The molecule has 0 spiro atoms. The molecule has 0 saturated heterocycles. The lowest BCUT2D eigenvalue weighted by Crippen LogP contribution is -2.23. The first-order valence-corrected chi connectivity index (χ1v) is 8.15. The lowest BCUT2D eigenvalue weighted by Gasteiger charge is -2.08. The Morgan fingerprint density at radius 2 is 1.90 bits per heavy atom. The number of aromatic amines is 1. The van der Waals surface area contributed by atoms with Gasteiger partial charge >= 0.3 is 0 Å². The highest BCUT2D eigenvalue weighted by Crippen LogP contribution is 2.17. The Balaban J connectivity index is 2.11. The fourth-order valence-corrected chi connectivity index (χ4v) is 2.96. The van der Waals surface area contributed by atoms with Crippen molar-refractivity contribution in [1.29, 1.82) is 0 Å². The van der Waals surface area contributed by atoms with E-state index in [0.717, 1.165) is 17.0 Å². The average Bonchev–Trinajstić information content (AvgIpc) is 2.77. The van der Waals surface area contributed by atoms with Crippen molar-refractivity contribution < 1.29 is 13.2 Å². The van der Waals surface area contributed by atoms with Crippen molar-refractivity contribution in [3.8, 4) is 5.75 Å². The molecule has 0 aliphatic carbocycles. The van der Waals surface area contributed by atoms with Crippen LogP contribution < -0.4 is 9.46 Å². The number of aromatic nitrogens is 2. The molecule has 0 saturated carbocycles. The van der Waals surface area contributed by atoms with E-state index in [1.165, 1.54) is 12.1 Å². The van der Waals surface area contributed by atoms with Crippen LogP contribution in [0.2, 0.25) is 0 Å². The number of nitrogens with zero attached hydrogens (tertiary/aromatic N) is 1. The zero-order valence-corrected chi connectivity index (χ0v) is 13.1. The van der Waals surface area contributed by atoms with Gasteiger partial charge in [-0.05, 0) is 45.0 Å². The third kappa shape index (κ3) is 3.62. The van der Waals surface area contributed by atoms with Crippen LogP contribution in [0.1, 0.15) is 23.9 Å². The van der Waals surface area contributed by atoms with E-state index >= 15 is 0 Å². The first kappa shape index (κ1) is 15.5. The number of nitrogens with one attached hydrogen (secondary N) is 2. The molecule has 2 aromatic rings. The molecule has 0 amide bonds. The normalized spacial score (nSPS) is 11.6. The molecule has 0 fully saturated rings. The van der Waals surface area contributed by atoms with Crippen molar-refractivity contribution in [3.05, 3.63) is 41.2 Å². The monoisotopic (exact) mass is 309 g/mol. The van der Waals surface area contributed by atoms with Crippen LogP contribution in [0.3, 0.4) is 0 Å². The fourth-order valence-electron chi connectivity index (χ4n) is 1.97. The van der Waals surface area contributed by atoms with Gasteiger partial charge < -0.3 is 4.74 Å². The number of aryl methyl sites for hydroxylation is 2. The standard InChI is InChI=1S/C14H19N3O3S/c1-4-20-12-5-7-13(8-6-12)21(18,19)15-9-14-10(2)16-17-11(14)3/h5-8,15H,4,9H2,1-3H3,(H,16,17). The summed E-state index contributed by atoms with van der Waals surface area (Å²) in [6.07, 6.45) is 0. The number of H-pyrrole nitrogens is 1. The molecule has 114 valence electrons. The van der Waals surface area contributed by atoms with E-state index in [2.05, 4.69) is 14.9 Å². The van der Waals surface area contributed by atoms with Crippen LogP contribution in [-0.2, 0) is 16.6 Å². The van der Waals surface area contributed by atoms with Crippen LogP contribution in [0.15, 0.2) is 29.2 Å². The summed E-state index contributed by atoms with van der Waals surface area (Å²) < 4.78 is 32.4. The minimum Gasteiger partial charge on any atom is -0.494 e. The molecule has 21 heavy (non-hydrogen) atoms. The number of hydrogen-bond acceptors (Lipinski definition) is 4. The Kier molecular flexibility index (Phi) is 4.64. The van der Waals surface area contributed by atoms with E-state index in [9.17, 15) is 8.42 Å². The third-order valence-corrected chi connectivity index (χ3v) is 4.58. The van der Waals surface area contributed by atoms with Crippen molar-refractivity contribution in [2.45, 2.75) is 32.2 Å². The van der Waals surface area contributed by atoms with Crippen LogP contribution >= 0.6 is 0 Å². The molecule has 1 aromatic carbocycles. The highest BCUT2D eigenvalue weighted by atomic mass is 32.2. The lowest BCUT2D eigenvalue weighted by molar-refractivity contribution is 0.340. The zero-order valence-electron chi connectivity index (χ0n) is 12.3. The van der Waals surface area contributed by atoms with Crippen molar-refractivity contribution in [2.75, 3.05) is 6.61 Å². The molecule has 0 unspecified atom stereocenters. The van der Waals surface area contributed by atoms with Gasteiger partial charge in [-0.2, -0.15) is 5.10 Å². The lowest BCUT2D eigenvalue weighted by atomic mass is 10.2. The van der Waals surface area contributed by atoms with E-state index in [-0.39, 0.29) is 11.4 Å². The first-order chi connectivity index (χ1) is 9.94. The predicted octanol–water partition coefficient (Wildman–Crippen LogP) is 1.90. The van der Waals surface area contributed by atoms with Crippen molar-refractivity contribution in [1.82, 2.24) is 14.9 Å². The summed E-state index contributed by atoms with van der Waals surface area (Å²) >= 11 is 0. The Morgan fingerprint density at radius 3 is 2.43 bits per heavy atom. The molecule has 2 N–H and O–H groups in total. The second kappa shape index (κ2) is 6.28. The summed E-state index contributed by atoms with van der Waals surface area (Å²) in [6.45, 7) is 6.33. The Morgan fingerprint density at radius 1 is 1.24 bits per heavy atom. The van der Waals surface area contributed by atoms with Gasteiger partial charge in [0.25, 0.3) is 0 Å². The van der Waals surface area contributed by atoms with E-state index < -0.39 is 10.0 Å². The molecule has 0 atom stereocenters. The summed E-state index contributed by atoms with van der Waals surface area (Å²) in [5, 5.41) is 6.88. The summed E-state index contributed by atoms with van der Waals surface area (Å²) in [5.41, 5.74) is 2.52. The van der Waals surface area contributed by atoms with Gasteiger partial charge in [0.2, 0.25) is 10.0 Å². The van der Waals surface area contributed by atoms with Gasteiger partial charge in [-0.3, -0.25) is 5.10 Å². The number of hydrogen-bond donors (Lipinski definition) is 2. The van der Waals surface area contributed by atoms with Gasteiger partial charge in [-0.15, -0.1) is 0 Å². The molecular formula is C14H19N3O3S. The third-order valence-electron chi connectivity index (χ3n) is 3.16. The average molecular weight is 309 g/mol. The maximum absolute atomic E-state index is 12.2. The molecule has 0 radical (unpaired) electrons. The molecule has 0 bridgehead atoms. The van der Waals surface area contributed by atoms with E-state index in [0.29, 0.717) is 12.4 Å². The molecule has 1 heterocycles. The van der Waals surface area contributed by atoms with Gasteiger partial charge in [-0.25, -0.2) is 13.1 Å². The van der Waals surface area contributed by atoms with Crippen LogP contribution in [0.5, 0.6) is 5.75 Å². The molecule has 0 aliphatic heterocycles. The van der Waals surface area contributed by atoms with Gasteiger partial charge in [0.05, 0.1) is 17.2 Å². The molecule has 6 nitrogen and oxygen atoms in total. The highest BCUT2D eigenvalue weighted by molar-refractivity contribution is 7.89. The summed E-state index contributed by atoms with van der Waals surface area (Å²) in [4.78, 5) is 0.213. The number of sulfonamides is 1. The van der Waals surface area contributed by atoms with Crippen molar-refractivity contribution in [3.63, 3.8) is 0 Å². The topological polar surface area (TPSA) is 84.1 Å². The summed E-state index contributed by atoms with van der Waals surface area (Å²) in [6, 6.07) is 6.35. The number of ether oxygens (including phenoxy) is 1. The van der Waals surface area contributed by atoms with Gasteiger partial charge in [-0.1, -0.05) is 0 Å². The highest BCUT2D eigenvalue weighted by Gasteiger charge is 2.15. The molecule has 2 rings (SSSR count). The van der Waals surface area contributed by atoms with Gasteiger partial charge in [0.15, 0.2) is 0 Å². The largest absolute Gasteiger partial charge is 0.494 e. The fraction of sp³-hybridized carbons (Fsp3) is 0.357. The second-order valence-corrected chi connectivity index (χ2v) is 6.41. The second-order valence-electron chi connectivity index (χ2n) is 4.64. The van der Waals surface area contributed by atoms with Crippen molar-refractivity contribution >= 4 is 10.0 Å². The Bertz CT molecular complexity index is 686. The predicted molar refractivity (Wildman–Crippen MR) is 79.7 cm³/mol. The van der Waals surface area contributed by atoms with E-state index in [4.69, 9.17) is 4.74 Å². The molecule has 7 heteroatoms. The van der Waals surface area contributed by atoms with Crippen molar-refractivity contribution in [2.24, 2.45) is 0 Å². The SMILES string of the molecule is CCOc1ccc(S(=O)(=O)NCc2c(C)n[nH]c2C)cc1. The zero-order chi connectivity index (χ0) is 15.5. The minimum absolute atomic E-state index is 0.212. The summed E-state index contributed by atoms with van der Waals surface area (Å²) in [5.74, 6) is 0.651. The Labute approximate surface area is 124 Å². The van der Waals surface area contributed by atoms with Gasteiger partial charge in [0.1, 0.15) is 5.75 Å². The Hall–Kier alpha value is -1.86. The number of benzene rings is 1. The van der Waals surface area contributed by atoms with Crippen LogP contribution in [0.4, 0.5) is 0 Å². The van der Waals surface area contributed by atoms with E-state index in [1.54, 1.807) is 12.1 Å². The maximum Gasteiger partial charge on any atom is 0.240 e. The van der Waals surface area contributed by atoms with Crippen LogP contribution in [0.25, 0.3) is 0 Å². The first-order valence-electron chi connectivity index (χ1n) is 6.67. The smallest absolute Gasteiger partial charge is 0.240 e. The molecule has 0 aliphatic rings. The van der Waals surface area contributed by atoms with Crippen LogP contribution in [-0.4, -0.2) is 25.2 Å². The molecular weight excluding hydrogens is 290 g/mol. The quantitative estimate of drug-likeness (QED) is 0.853. The van der Waals surface area contributed by atoms with Crippen LogP contribution in [0, 0.1) is 13.8 Å².